The van der Waals surface area contributed by atoms with Crippen LogP contribution in [-0.4, -0.2) is 47.8 Å². The first-order chi connectivity index (χ1) is 8.00. The quantitative estimate of drug-likeness (QED) is 0.746. The number of nitrogens with zero attached hydrogens (tertiary/aromatic N) is 1. The Morgan fingerprint density at radius 3 is 2.29 bits per heavy atom. The lowest BCUT2D eigenvalue weighted by Crippen LogP contribution is -2.49. The highest BCUT2D eigenvalue weighted by Crippen LogP contribution is 2.22. The summed E-state index contributed by atoms with van der Waals surface area (Å²) in [5.41, 5.74) is 0. The summed E-state index contributed by atoms with van der Waals surface area (Å²) in [6.07, 6.45) is 3.64. The molecule has 0 aromatic heterocycles. The molecule has 1 heterocycles. The van der Waals surface area contributed by atoms with Gasteiger partial charge in [-0.15, -0.1) is 0 Å². The van der Waals surface area contributed by atoms with E-state index in [-0.39, 0.29) is 6.10 Å². The molecule has 0 aliphatic carbocycles. The lowest BCUT2D eigenvalue weighted by atomic mass is 9.97. The molecule has 0 amide bonds. The van der Waals surface area contributed by atoms with Crippen molar-refractivity contribution in [1.29, 1.82) is 0 Å². The van der Waals surface area contributed by atoms with E-state index in [4.69, 9.17) is 0 Å². The third-order valence-electron chi connectivity index (χ3n) is 3.73. The normalized spacial score (nSPS) is 28.6. The second kappa shape index (κ2) is 7.34. The third kappa shape index (κ3) is 5.36. The number of aliphatic hydroxyl groups is 1. The minimum absolute atomic E-state index is 0.239. The molecule has 2 N–H and O–H groups in total. The molecule has 1 saturated heterocycles. The van der Waals surface area contributed by atoms with Gasteiger partial charge in [-0.25, -0.2) is 0 Å². The van der Waals surface area contributed by atoms with Crippen LogP contribution in [0.25, 0.3) is 0 Å². The van der Waals surface area contributed by atoms with Crippen LogP contribution in [-0.2, 0) is 0 Å². The standard InChI is InChI=1S/C14H30N2O/c1-11(2)8-15-9-14(17)10-16-12(3)6-5-7-13(16)4/h11-15,17H,5-10H2,1-4H3. The molecule has 0 spiro atoms. The largest absolute Gasteiger partial charge is 0.390 e. The van der Waals surface area contributed by atoms with Gasteiger partial charge in [0.25, 0.3) is 0 Å². The van der Waals surface area contributed by atoms with E-state index in [9.17, 15) is 5.11 Å². The fraction of sp³-hybridized carbons (Fsp3) is 1.00. The van der Waals surface area contributed by atoms with Crippen molar-refractivity contribution in [2.45, 2.75) is 65.1 Å². The number of hydrogen-bond donors (Lipinski definition) is 2. The molecule has 1 aliphatic heterocycles. The van der Waals surface area contributed by atoms with Crippen LogP contribution >= 0.6 is 0 Å². The molecule has 102 valence electrons. The second-order valence-electron chi connectivity index (χ2n) is 6.03. The van der Waals surface area contributed by atoms with Gasteiger partial charge in [0.1, 0.15) is 0 Å². The van der Waals surface area contributed by atoms with Gasteiger partial charge in [-0.3, -0.25) is 4.90 Å². The summed E-state index contributed by atoms with van der Waals surface area (Å²) in [7, 11) is 0. The monoisotopic (exact) mass is 242 g/mol. The first kappa shape index (κ1) is 14.9. The molecule has 3 atom stereocenters. The van der Waals surface area contributed by atoms with Gasteiger partial charge in [0, 0.05) is 25.2 Å². The van der Waals surface area contributed by atoms with Crippen LogP contribution < -0.4 is 5.32 Å². The second-order valence-corrected chi connectivity index (χ2v) is 6.03. The van der Waals surface area contributed by atoms with Crippen molar-refractivity contribution in [3.63, 3.8) is 0 Å². The van der Waals surface area contributed by atoms with Gasteiger partial charge in [-0.05, 0) is 39.2 Å². The Labute approximate surface area is 107 Å². The Bertz CT molecular complexity index is 198. The average molecular weight is 242 g/mol. The number of rotatable bonds is 6. The van der Waals surface area contributed by atoms with E-state index in [0.29, 0.717) is 24.5 Å². The highest BCUT2D eigenvalue weighted by molar-refractivity contribution is 4.81. The van der Waals surface area contributed by atoms with Crippen molar-refractivity contribution in [3.05, 3.63) is 0 Å². The zero-order valence-corrected chi connectivity index (χ0v) is 11.9. The van der Waals surface area contributed by atoms with Crippen molar-refractivity contribution in [2.24, 2.45) is 5.92 Å². The molecule has 3 heteroatoms. The van der Waals surface area contributed by atoms with E-state index in [2.05, 4.69) is 37.9 Å². The summed E-state index contributed by atoms with van der Waals surface area (Å²) >= 11 is 0. The van der Waals surface area contributed by atoms with Crippen molar-refractivity contribution in [2.75, 3.05) is 19.6 Å². The lowest BCUT2D eigenvalue weighted by molar-refractivity contribution is 0.0416. The maximum Gasteiger partial charge on any atom is 0.0791 e. The summed E-state index contributed by atoms with van der Waals surface area (Å²) in [5, 5.41) is 13.4. The molecule has 0 saturated carbocycles. The fourth-order valence-corrected chi connectivity index (χ4v) is 2.68. The molecular formula is C14H30N2O. The van der Waals surface area contributed by atoms with Gasteiger partial charge in [0.15, 0.2) is 0 Å². The third-order valence-corrected chi connectivity index (χ3v) is 3.73. The highest BCUT2D eigenvalue weighted by Gasteiger charge is 2.26. The Kier molecular flexibility index (Phi) is 6.45. The number of β-amino-alcohol motifs (C(OH)–C–C–N with tert-alkyl or cyclic N) is 1. The Morgan fingerprint density at radius 1 is 1.18 bits per heavy atom. The van der Waals surface area contributed by atoms with Crippen molar-refractivity contribution >= 4 is 0 Å². The molecule has 1 aliphatic rings. The number of piperidine rings is 1. The van der Waals surface area contributed by atoms with Crippen LogP contribution in [0.5, 0.6) is 0 Å². The number of hydrogen-bond acceptors (Lipinski definition) is 3. The molecule has 3 nitrogen and oxygen atoms in total. The first-order valence-corrected chi connectivity index (χ1v) is 7.15. The summed E-state index contributed by atoms with van der Waals surface area (Å²) in [5.74, 6) is 0.648. The van der Waals surface area contributed by atoms with E-state index in [1.54, 1.807) is 0 Å². The summed E-state index contributed by atoms with van der Waals surface area (Å²) in [4.78, 5) is 2.46. The van der Waals surface area contributed by atoms with Gasteiger partial charge >= 0.3 is 0 Å². The van der Waals surface area contributed by atoms with Crippen molar-refractivity contribution in [3.8, 4) is 0 Å². The number of nitrogens with one attached hydrogen (secondary N) is 1. The lowest BCUT2D eigenvalue weighted by Gasteiger charge is -2.40. The van der Waals surface area contributed by atoms with Crippen LogP contribution in [0.2, 0.25) is 0 Å². The Hall–Kier alpha value is -0.120. The average Bonchev–Trinajstić information content (AvgIpc) is 2.23. The number of aliphatic hydroxyl groups excluding tert-OH is 1. The minimum atomic E-state index is -0.239. The van der Waals surface area contributed by atoms with Gasteiger partial charge in [-0.2, -0.15) is 0 Å². The van der Waals surface area contributed by atoms with E-state index in [1.807, 2.05) is 0 Å². The smallest absolute Gasteiger partial charge is 0.0791 e. The maximum absolute atomic E-state index is 10.0. The SMILES string of the molecule is CC(C)CNCC(O)CN1C(C)CCCC1C. The molecule has 1 rings (SSSR count). The van der Waals surface area contributed by atoms with Crippen LogP contribution in [0.3, 0.4) is 0 Å². The maximum atomic E-state index is 10.0. The molecule has 0 bridgehead atoms. The van der Waals surface area contributed by atoms with Gasteiger partial charge < -0.3 is 10.4 Å². The minimum Gasteiger partial charge on any atom is -0.390 e. The van der Waals surface area contributed by atoms with E-state index in [1.165, 1.54) is 19.3 Å². The van der Waals surface area contributed by atoms with Gasteiger partial charge in [0.05, 0.1) is 6.10 Å². The molecule has 0 radical (unpaired) electrons. The summed E-state index contributed by atoms with van der Waals surface area (Å²) in [6.45, 7) is 11.5. The van der Waals surface area contributed by atoms with E-state index in [0.717, 1.165) is 13.1 Å². The topological polar surface area (TPSA) is 35.5 Å². The zero-order valence-electron chi connectivity index (χ0n) is 11.9. The van der Waals surface area contributed by atoms with Gasteiger partial charge in [0.2, 0.25) is 0 Å². The van der Waals surface area contributed by atoms with Crippen LogP contribution in [0.15, 0.2) is 0 Å². The molecule has 3 unspecified atom stereocenters. The Morgan fingerprint density at radius 2 is 1.76 bits per heavy atom. The Balaban J connectivity index is 2.26. The predicted octanol–water partition coefficient (Wildman–Crippen LogP) is 1.86. The van der Waals surface area contributed by atoms with E-state index >= 15 is 0 Å². The van der Waals surface area contributed by atoms with Crippen LogP contribution in [0.1, 0.15) is 47.0 Å². The summed E-state index contributed by atoms with van der Waals surface area (Å²) in [6, 6.07) is 1.25. The van der Waals surface area contributed by atoms with Crippen LogP contribution in [0, 0.1) is 5.92 Å². The fourth-order valence-electron chi connectivity index (χ4n) is 2.68. The molecule has 0 aromatic rings. The summed E-state index contributed by atoms with van der Waals surface area (Å²) < 4.78 is 0. The van der Waals surface area contributed by atoms with E-state index < -0.39 is 0 Å². The van der Waals surface area contributed by atoms with Crippen molar-refractivity contribution in [1.82, 2.24) is 10.2 Å². The molecular weight excluding hydrogens is 212 g/mol. The predicted molar refractivity (Wildman–Crippen MR) is 73.2 cm³/mol. The molecule has 1 fully saturated rings. The zero-order chi connectivity index (χ0) is 12.8. The first-order valence-electron chi connectivity index (χ1n) is 7.15. The van der Waals surface area contributed by atoms with Crippen molar-refractivity contribution < 1.29 is 5.11 Å². The highest BCUT2D eigenvalue weighted by atomic mass is 16.3. The number of likely N-dealkylation sites (tertiary alicyclic amines) is 1. The van der Waals surface area contributed by atoms with Crippen LogP contribution in [0.4, 0.5) is 0 Å². The molecule has 0 aromatic carbocycles. The molecule has 17 heavy (non-hydrogen) atoms. The van der Waals surface area contributed by atoms with Gasteiger partial charge in [-0.1, -0.05) is 20.3 Å².